The molecule has 0 aliphatic rings. The van der Waals surface area contributed by atoms with Crippen LogP contribution in [0.4, 0.5) is 0 Å². The zero-order chi connectivity index (χ0) is 12.8. The highest BCUT2D eigenvalue weighted by atomic mass is 127. The Labute approximate surface area is 114 Å². The molecule has 4 nitrogen and oxygen atoms in total. The molecule has 2 N–H and O–H groups in total. The third-order valence-electron chi connectivity index (χ3n) is 2.30. The molecule has 0 aromatic heterocycles. The van der Waals surface area contributed by atoms with Crippen molar-refractivity contribution in [3.05, 3.63) is 32.9 Å². The number of carbonyl (C=O) groups is 2. The third-order valence-corrected chi connectivity index (χ3v) is 3.20. The minimum Gasteiger partial charge on any atom is -0.481 e. The Kier molecular flexibility index (Phi) is 5.40. The van der Waals surface area contributed by atoms with Gasteiger partial charge in [0.05, 0.1) is 5.56 Å². The summed E-state index contributed by atoms with van der Waals surface area (Å²) in [5.41, 5.74) is 1.59. The molecular weight excluding hydrogens is 333 g/mol. The highest BCUT2D eigenvalue weighted by molar-refractivity contribution is 14.1. The van der Waals surface area contributed by atoms with Crippen molar-refractivity contribution in [3.63, 3.8) is 0 Å². The molecule has 0 atom stereocenters. The number of hydrogen-bond acceptors (Lipinski definition) is 2. The maximum absolute atomic E-state index is 11.9. The molecule has 5 heteroatoms. The van der Waals surface area contributed by atoms with Gasteiger partial charge in [0.25, 0.3) is 5.91 Å². The van der Waals surface area contributed by atoms with E-state index >= 15 is 0 Å². The number of amides is 1. The second-order valence-electron chi connectivity index (χ2n) is 3.68. The molecular formula is C12H14INO3. The van der Waals surface area contributed by atoms with Crippen molar-refractivity contribution in [2.24, 2.45) is 0 Å². The summed E-state index contributed by atoms with van der Waals surface area (Å²) in [7, 11) is 0. The van der Waals surface area contributed by atoms with E-state index < -0.39 is 5.97 Å². The fourth-order valence-electron chi connectivity index (χ4n) is 1.45. The van der Waals surface area contributed by atoms with Gasteiger partial charge in [-0.25, -0.2) is 0 Å². The molecule has 0 aliphatic carbocycles. The Hall–Kier alpha value is -1.11. The summed E-state index contributed by atoms with van der Waals surface area (Å²) >= 11 is 2.12. The first-order valence-electron chi connectivity index (χ1n) is 5.27. The summed E-state index contributed by atoms with van der Waals surface area (Å²) in [6.45, 7) is 2.27. The number of hydrogen-bond donors (Lipinski definition) is 2. The lowest BCUT2D eigenvalue weighted by atomic mass is 10.1. The first-order chi connectivity index (χ1) is 8.02. The number of carbonyl (C=O) groups excluding carboxylic acids is 1. The Morgan fingerprint density at radius 3 is 2.71 bits per heavy atom. The van der Waals surface area contributed by atoms with Crippen molar-refractivity contribution in [2.75, 3.05) is 6.54 Å². The maximum atomic E-state index is 11.9. The lowest BCUT2D eigenvalue weighted by Crippen LogP contribution is -2.26. The van der Waals surface area contributed by atoms with Crippen LogP contribution >= 0.6 is 22.6 Å². The van der Waals surface area contributed by atoms with Gasteiger partial charge in [0.1, 0.15) is 0 Å². The van der Waals surface area contributed by atoms with Gasteiger partial charge in [0.15, 0.2) is 0 Å². The van der Waals surface area contributed by atoms with Crippen molar-refractivity contribution >= 4 is 34.5 Å². The number of carboxylic acid groups (broad SMARTS) is 1. The Morgan fingerprint density at radius 2 is 2.12 bits per heavy atom. The molecule has 0 fully saturated rings. The summed E-state index contributed by atoms with van der Waals surface area (Å²) in [5, 5.41) is 11.2. The zero-order valence-corrected chi connectivity index (χ0v) is 11.7. The highest BCUT2D eigenvalue weighted by Gasteiger charge is 2.11. The first kappa shape index (κ1) is 14.0. The van der Waals surface area contributed by atoms with Crippen LogP contribution in [0.15, 0.2) is 18.2 Å². The molecule has 0 saturated heterocycles. The molecule has 0 heterocycles. The van der Waals surface area contributed by atoms with Gasteiger partial charge >= 0.3 is 5.97 Å². The van der Waals surface area contributed by atoms with Crippen molar-refractivity contribution < 1.29 is 14.7 Å². The second kappa shape index (κ2) is 6.58. The van der Waals surface area contributed by atoms with Gasteiger partial charge in [-0.15, -0.1) is 0 Å². The van der Waals surface area contributed by atoms with Crippen LogP contribution < -0.4 is 5.32 Å². The van der Waals surface area contributed by atoms with Crippen molar-refractivity contribution in [1.82, 2.24) is 5.32 Å². The highest BCUT2D eigenvalue weighted by Crippen LogP contribution is 2.16. The summed E-state index contributed by atoms with van der Waals surface area (Å²) in [4.78, 5) is 22.2. The summed E-state index contributed by atoms with van der Waals surface area (Å²) in [6, 6.07) is 5.66. The molecule has 1 rings (SSSR count). The van der Waals surface area contributed by atoms with Crippen molar-refractivity contribution in [2.45, 2.75) is 19.8 Å². The van der Waals surface area contributed by atoms with E-state index in [4.69, 9.17) is 5.11 Å². The third kappa shape index (κ3) is 4.33. The molecule has 1 amide bonds. The molecule has 0 bridgehead atoms. The Bertz CT molecular complexity index is 412. The molecule has 0 saturated carbocycles. The molecule has 1 aromatic carbocycles. The number of rotatable bonds is 5. The largest absolute Gasteiger partial charge is 0.481 e. The van der Waals surface area contributed by atoms with Crippen molar-refractivity contribution in [3.8, 4) is 0 Å². The SMILES string of the molecule is Cc1cccc(I)c1C(=O)NCCCC(=O)O. The molecule has 0 radical (unpaired) electrons. The number of halogens is 1. The number of carboxylic acids is 1. The standard InChI is InChI=1S/C12H14INO3/c1-8-4-2-5-9(13)11(8)12(17)14-7-3-6-10(15)16/h2,4-5H,3,6-7H2,1H3,(H,14,17)(H,15,16). The van der Waals surface area contributed by atoms with Crippen LogP contribution in [0.2, 0.25) is 0 Å². The topological polar surface area (TPSA) is 66.4 Å². The number of nitrogens with one attached hydrogen (secondary N) is 1. The van der Waals surface area contributed by atoms with Crippen LogP contribution in [0.5, 0.6) is 0 Å². The van der Waals surface area contributed by atoms with Gasteiger partial charge < -0.3 is 10.4 Å². The predicted molar refractivity (Wildman–Crippen MR) is 73.1 cm³/mol. The summed E-state index contributed by atoms with van der Waals surface area (Å²) in [6.07, 6.45) is 0.522. The minimum absolute atomic E-state index is 0.0745. The first-order valence-corrected chi connectivity index (χ1v) is 6.35. The predicted octanol–water partition coefficient (Wildman–Crippen LogP) is 2.19. The van der Waals surface area contributed by atoms with Gasteiger partial charge in [-0.1, -0.05) is 12.1 Å². The van der Waals surface area contributed by atoms with Gasteiger partial charge in [-0.05, 0) is 47.6 Å². The number of benzene rings is 1. The van der Waals surface area contributed by atoms with E-state index in [-0.39, 0.29) is 12.3 Å². The van der Waals surface area contributed by atoms with Crippen LogP contribution in [0.25, 0.3) is 0 Å². The van der Waals surface area contributed by atoms with E-state index in [9.17, 15) is 9.59 Å². The van der Waals surface area contributed by atoms with E-state index in [0.29, 0.717) is 18.5 Å². The molecule has 92 valence electrons. The molecule has 0 spiro atoms. The molecule has 0 unspecified atom stereocenters. The average molecular weight is 347 g/mol. The quantitative estimate of drug-likeness (QED) is 0.634. The van der Waals surface area contributed by atoms with E-state index in [1.54, 1.807) is 0 Å². The molecule has 0 aliphatic heterocycles. The Morgan fingerprint density at radius 1 is 1.41 bits per heavy atom. The van der Waals surface area contributed by atoms with E-state index in [1.165, 1.54) is 0 Å². The normalized spacial score (nSPS) is 10.0. The monoisotopic (exact) mass is 347 g/mol. The van der Waals surface area contributed by atoms with Gasteiger partial charge in [0.2, 0.25) is 0 Å². The maximum Gasteiger partial charge on any atom is 0.303 e. The van der Waals surface area contributed by atoms with Crippen LogP contribution in [-0.4, -0.2) is 23.5 Å². The molecule has 17 heavy (non-hydrogen) atoms. The van der Waals surface area contributed by atoms with Gasteiger partial charge in [-0.3, -0.25) is 9.59 Å². The van der Waals surface area contributed by atoms with Crippen LogP contribution in [0.1, 0.15) is 28.8 Å². The second-order valence-corrected chi connectivity index (χ2v) is 4.85. The summed E-state index contributed by atoms with van der Waals surface area (Å²) in [5.74, 6) is -0.984. The molecule has 1 aromatic rings. The minimum atomic E-state index is -0.843. The lowest BCUT2D eigenvalue weighted by Gasteiger charge is -2.08. The average Bonchev–Trinajstić information content (AvgIpc) is 2.24. The summed E-state index contributed by atoms with van der Waals surface area (Å²) < 4.78 is 0.901. The van der Waals surface area contributed by atoms with Crippen LogP contribution in [0.3, 0.4) is 0 Å². The van der Waals surface area contributed by atoms with E-state index in [2.05, 4.69) is 27.9 Å². The number of aryl methyl sites for hydroxylation is 1. The fourth-order valence-corrected chi connectivity index (χ4v) is 2.33. The van der Waals surface area contributed by atoms with E-state index in [0.717, 1.165) is 9.13 Å². The van der Waals surface area contributed by atoms with Crippen molar-refractivity contribution in [1.29, 1.82) is 0 Å². The van der Waals surface area contributed by atoms with E-state index in [1.807, 2.05) is 25.1 Å². The zero-order valence-electron chi connectivity index (χ0n) is 9.50. The smallest absolute Gasteiger partial charge is 0.303 e. The Balaban J connectivity index is 2.55. The van der Waals surface area contributed by atoms with Crippen LogP contribution in [-0.2, 0) is 4.79 Å². The number of aliphatic carboxylic acids is 1. The van der Waals surface area contributed by atoms with Gasteiger partial charge in [-0.2, -0.15) is 0 Å². The van der Waals surface area contributed by atoms with Crippen LogP contribution in [0, 0.1) is 10.5 Å². The fraction of sp³-hybridized carbons (Fsp3) is 0.333. The van der Waals surface area contributed by atoms with Gasteiger partial charge in [0, 0.05) is 16.5 Å². The lowest BCUT2D eigenvalue weighted by molar-refractivity contribution is -0.137.